The molecular weight excluding hydrogens is 308 g/mol. The molecule has 5 nitrogen and oxygen atoms in total. The molecule has 0 unspecified atom stereocenters. The topological polar surface area (TPSA) is 75.0 Å². The summed E-state index contributed by atoms with van der Waals surface area (Å²) in [6.07, 6.45) is 0. The van der Waals surface area contributed by atoms with Crippen LogP contribution in [0.25, 0.3) is 0 Å². The number of aromatic amines is 1. The number of aryl methyl sites for hydroxylation is 1. The van der Waals surface area contributed by atoms with Gasteiger partial charge in [0.1, 0.15) is 0 Å². The molecule has 0 spiro atoms. The highest BCUT2D eigenvalue weighted by molar-refractivity contribution is 9.10. The van der Waals surface area contributed by atoms with Gasteiger partial charge in [0.25, 0.3) is 5.91 Å². The molecule has 1 heterocycles. The fraction of sp³-hybridized carbons (Fsp3) is 0.231. The fourth-order valence-electron chi connectivity index (χ4n) is 1.72. The van der Waals surface area contributed by atoms with E-state index in [9.17, 15) is 4.79 Å². The number of benzene rings is 1. The number of nitrogens with two attached hydrogens (primary N) is 1. The number of nitrogen functional groups attached to an aromatic ring is 1. The average Bonchev–Trinajstić information content (AvgIpc) is 2.72. The molecule has 19 heavy (non-hydrogen) atoms. The lowest BCUT2D eigenvalue weighted by molar-refractivity contribution is 0.0780. The SMILES string of the molecule is Cc1[nH]nc(C(=O)N(C)Cc2ccc(Br)cc2)c1N. The summed E-state index contributed by atoms with van der Waals surface area (Å²) in [5, 5.41) is 6.66. The molecule has 2 rings (SSSR count). The second kappa shape index (κ2) is 5.44. The van der Waals surface area contributed by atoms with E-state index in [0.29, 0.717) is 17.9 Å². The predicted molar refractivity (Wildman–Crippen MR) is 77.7 cm³/mol. The van der Waals surface area contributed by atoms with Crippen LogP contribution in [0, 0.1) is 6.92 Å². The number of carbonyl (C=O) groups excluding carboxylic acids is 1. The third-order valence-corrected chi connectivity index (χ3v) is 3.41. The van der Waals surface area contributed by atoms with Gasteiger partial charge in [-0.3, -0.25) is 9.89 Å². The predicted octanol–water partition coefficient (Wildman–Crippen LogP) is 2.34. The van der Waals surface area contributed by atoms with E-state index in [1.807, 2.05) is 24.3 Å². The molecule has 1 amide bonds. The van der Waals surface area contributed by atoms with Crippen LogP contribution < -0.4 is 5.73 Å². The van der Waals surface area contributed by atoms with Crippen LogP contribution in [-0.2, 0) is 6.54 Å². The van der Waals surface area contributed by atoms with Crippen molar-refractivity contribution < 1.29 is 4.79 Å². The van der Waals surface area contributed by atoms with Crippen molar-refractivity contribution in [2.75, 3.05) is 12.8 Å². The number of hydrogen-bond donors (Lipinski definition) is 2. The molecular formula is C13H15BrN4O. The number of H-pyrrole nitrogens is 1. The van der Waals surface area contributed by atoms with Crippen LogP contribution >= 0.6 is 15.9 Å². The number of rotatable bonds is 3. The number of halogens is 1. The van der Waals surface area contributed by atoms with Crippen LogP contribution in [0.15, 0.2) is 28.7 Å². The second-order valence-corrected chi connectivity index (χ2v) is 5.31. The van der Waals surface area contributed by atoms with Gasteiger partial charge in [-0.25, -0.2) is 0 Å². The summed E-state index contributed by atoms with van der Waals surface area (Å²) in [5.41, 5.74) is 8.25. The Morgan fingerprint density at radius 3 is 2.58 bits per heavy atom. The molecule has 0 aliphatic rings. The molecule has 0 aliphatic carbocycles. The molecule has 0 bridgehead atoms. The van der Waals surface area contributed by atoms with Crippen molar-refractivity contribution in [2.24, 2.45) is 0 Å². The minimum absolute atomic E-state index is 0.190. The normalized spacial score (nSPS) is 10.5. The summed E-state index contributed by atoms with van der Waals surface area (Å²) in [4.78, 5) is 13.8. The number of aromatic nitrogens is 2. The number of amides is 1. The molecule has 2 aromatic rings. The van der Waals surface area contributed by atoms with Gasteiger partial charge in [0.05, 0.1) is 11.4 Å². The quantitative estimate of drug-likeness (QED) is 0.910. The molecule has 0 saturated heterocycles. The van der Waals surface area contributed by atoms with Gasteiger partial charge in [0, 0.05) is 18.1 Å². The Kier molecular flexibility index (Phi) is 3.90. The lowest BCUT2D eigenvalue weighted by Gasteiger charge is -2.16. The van der Waals surface area contributed by atoms with Crippen LogP contribution in [0.5, 0.6) is 0 Å². The Morgan fingerprint density at radius 2 is 2.05 bits per heavy atom. The van der Waals surface area contributed by atoms with Crippen molar-refractivity contribution in [1.82, 2.24) is 15.1 Å². The average molecular weight is 323 g/mol. The standard InChI is InChI=1S/C13H15BrN4O/c1-8-11(15)12(17-16-8)13(19)18(2)7-9-3-5-10(14)6-4-9/h3-6H,7,15H2,1-2H3,(H,16,17). The molecule has 1 aromatic heterocycles. The Labute approximate surface area is 119 Å². The van der Waals surface area contributed by atoms with Gasteiger partial charge in [-0.05, 0) is 24.6 Å². The van der Waals surface area contributed by atoms with Gasteiger partial charge in [0.2, 0.25) is 0 Å². The van der Waals surface area contributed by atoms with Crippen LogP contribution in [0.1, 0.15) is 21.7 Å². The molecule has 6 heteroatoms. The Morgan fingerprint density at radius 1 is 1.42 bits per heavy atom. The summed E-state index contributed by atoms with van der Waals surface area (Å²) in [5.74, 6) is -0.190. The molecule has 0 saturated carbocycles. The molecule has 1 aromatic carbocycles. The zero-order valence-corrected chi connectivity index (χ0v) is 12.4. The van der Waals surface area contributed by atoms with E-state index >= 15 is 0 Å². The fourth-order valence-corrected chi connectivity index (χ4v) is 1.98. The van der Waals surface area contributed by atoms with Gasteiger partial charge in [-0.15, -0.1) is 0 Å². The second-order valence-electron chi connectivity index (χ2n) is 4.40. The van der Waals surface area contributed by atoms with Crippen LogP contribution in [-0.4, -0.2) is 28.1 Å². The van der Waals surface area contributed by atoms with Crippen LogP contribution in [0.4, 0.5) is 5.69 Å². The monoisotopic (exact) mass is 322 g/mol. The summed E-state index contributed by atoms with van der Waals surface area (Å²) in [7, 11) is 1.73. The summed E-state index contributed by atoms with van der Waals surface area (Å²) in [6, 6.07) is 7.82. The van der Waals surface area contributed by atoms with Crippen molar-refractivity contribution in [3.63, 3.8) is 0 Å². The third kappa shape index (κ3) is 2.96. The lowest BCUT2D eigenvalue weighted by Crippen LogP contribution is -2.27. The first-order valence-electron chi connectivity index (χ1n) is 5.79. The van der Waals surface area contributed by atoms with E-state index in [0.717, 1.165) is 10.0 Å². The van der Waals surface area contributed by atoms with Crippen molar-refractivity contribution in [1.29, 1.82) is 0 Å². The number of carbonyl (C=O) groups is 1. The van der Waals surface area contributed by atoms with Gasteiger partial charge < -0.3 is 10.6 Å². The largest absolute Gasteiger partial charge is 0.395 e. The Balaban J connectivity index is 2.11. The molecule has 0 aliphatic heterocycles. The number of hydrogen-bond acceptors (Lipinski definition) is 3. The first-order valence-corrected chi connectivity index (χ1v) is 6.58. The minimum Gasteiger partial charge on any atom is -0.395 e. The van der Waals surface area contributed by atoms with Crippen molar-refractivity contribution in [2.45, 2.75) is 13.5 Å². The first-order chi connectivity index (χ1) is 8.99. The van der Waals surface area contributed by atoms with E-state index in [4.69, 9.17) is 5.73 Å². The zero-order chi connectivity index (χ0) is 14.0. The number of anilines is 1. The van der Waals surface area contributed by atoms with Crippen molar-refractivity contribution in [3.05, 3.63) is 45.7 Å². The van der Waals surface area contributed by atoms with Gasteiger partial charge in [-0.1, -0.05) is 28.1 Å². The van der Waals surface area contributed by atoms with Crippen LogP contribution in [0.3, 0.4) is 0 Å². The molecule has 3 N–H and O–H groups in total. The van der Waals surface area contributed by atoms with Crippen LogP contribution in [0.2, 0.25) is 0 Å². The summed E-state index contributed by atoms with van der Waals surface area (Å²) >= 11 is 3.38. The van der Waals surface area contributed by atoms with Gasteiger partial charge in [-0.2, -0.15) is 5.10 Å². The third-order valence-electron chi connectivity index (χ3n) is 2.88. The smallest absolute Gasteiger partial charge is 0.276 e. The maximum absolute atomic E-state index is 12.2. The molecule has 100 valence electrons. The highest BCUT2D eigenvalue weighted by Crippen LogP contribution is 2.16. The molecule has 0 radical (unpaired) electrons. The summed E-state index contributed by atoms with van der Waals surface area (Å²) in [6.45, 7) is 2.30. The lowest BCUT2D eigenvalue weighted by atomic mass is 10.2. The van der Waals surface area contributed by atoms with E-state index < -0.39 is 0 Å². The highest BCUT2D eigenvalue weighted by atomic mass is 79.9. The maximum atomic E-state index is 12.2. The van der Waals surface area contributed by atoms with Crippen molar-refractivity contribution >= 4 is 27.5 Å². The minimum atomic E-state index is -0.190. The number of nitrogens with zero attached hydrogens (tertiary/aromatic N) is 2. The number of nitrogens with one attached hydrogen (secondary N) is 1. The first kappa shape index (κ1) is 13.6. The zero-order valence-electron chi connectivity index (χ0n) is 10.8. The van der Waals surface area contributed by atoms with E-state index in [1.54, 1.807) is 18.9 Å². The van der Waals surface area contributed by atoms with Crippen molar-refractivity contribution in [3.8, 4) is 0 Å². The Bertz CT molecular complexity index is 591. The summed E-state index contributed by atoms with van der Waals surface area (Å²) < 4.78 is 1.01. The highest BCUT2D eigenvalue weighted by Gasteiger charge is 2.19. The van der Waals surface area contributed by atoms with E-state index in [1.165, 1.54) is 0 Å². The molecule has 0 atom stereocenters. The maximum Gasteiger partial charge on any atom is 0.276 e. The van der Waals surface area contributed by atoms with Gasteiger partial charge in [0.15, 0.2) is 5.69 Å². The van der Waals surface area contributed by atoms with Gasteiger partial charge >= 0.3 is 0 Å². The van der Waals surface area contributed by atoms with E-state index in [-0.39, 0.29) is 11.6 Å². The van der Waals surface area contributed by atoms with E-state index in [2.05, 4.69) is 26.1 Å². The molecule has 0 fully saturated rings. The Hall–Kier alpha value is -1.82.